The first-order chi connectivity index (χ1) is 19.8. The number of nitrogens with zero attached hydrogens (tertiary/aromatic N) is 4. The molecule has 0 saturated heterocycles. The van der Waals surface area contributed by atoms with E-state index in [9.17, 15) is 19.7 Å². The molecule has 1 aromatic heterocycles. The largest absolute Gasteiger partial charge is 0.495 e. The maximum Gasteiger partial charge on any atom is 0.269 e. The number of benzene rings is 3. The molecular formula is C32H34N4O5. The highest BCUT2D eigenvalue weighted by Gasteiger charge is 2.26. The Morgan fingerprint density at radius 2 is 1.76 bits per heavy atom. The van der Waals surface area contributed by atoms with Gasteiger partial charge < -0.3 is 9.64 Å². The number of nitro groups is 1. The van der Waals surface area contributed by atoms with Crippen LogP contribution in [0.1, 0.15) is 57.0 Å². The van der Waals surface area contributed by atoms with Crippen molar-refractivity contribution in [2.24, 2.45) is 0 Å². The minimum atomic E-state index is -0.562. The van der Waals surface area contributed by atoms with Gasteiger partial charge in [-0.15, -0.1) is 0 Å². The Morgan fingerprint density at radius 1 is 1.05 bits per heavy atom. The molecule has 41 heavy (non-hydrogen) atoms. The smallest absolute Gasteiger partial charge is 0.269 e. The lowest BCUT2D eigenvalue weighted by Crippen LogP contribution is -2.37. The topological polar surface area (TPSA) is 108 Å². The third kappa shape index (κ3) is 6.69. The summed E-state index contributed by atoms with van der Waals surface area (Å²) in [4.78, 5) is 44.7. The van der Waals surface area contributed by atoms with Gasteiger partial charge in [0.25, 0.3) is 11.2 Å². The summed E-state index contributed by atoms with van der Waals surface area (Å²) >= 11 is 0. The van der Waals surface area contributed by atoms with Gasteiger partial charge in [0.15, 0.2) is 0 Å². The van der Waals surface area contributed by atoms with Gasteiger partial charge in [-0.3, -0.25) is 24.3 Å². The molecule has 0 aliphatic heterocycles. The Hall–Kier alpha value is -4.79. The highest BCUT2D eigenvalue weighted by Crippen LogP contribution is 2.28. The summed E-state index contributed by atoms with van der Waals surface area (Å²) in [6.07, 6.45) is 6.96. The summed E-state index contributed by atoms with van der Waals surface area (Å²) in [7, 11) is 1.55. The minimum Gasteiger partial charge on any atom is -0.495 e. The minimum absolute atomic E-state index is 0.0173. The SMILES string of the molecule is CCCCCCN(C(=O)C=Cc1ccc([N+](=O)[O-])cc1)C(C)c1nc2ccccc2c(=O)n1-c1ccccc1OC. The fourth-order valence-corrected chi connectivity index (χ4v) is 4.79. The molecule has 1 heterocycles. The molecule has 9 heteroatoms. The normalized spacial score (nSPS) is 12.0. The molecule has 0 radical (unpaired) electrons. The van der Waals surface area contributed by atoms with Gasteiger partial charge in [0.1, 0.15) is 11.6 Å². The maximum atomic E-state index is 13.9. The van der Waals surface area contributed by atoms with Gasteiger partial charge in [0.2, 0.25) is 5.91 Å². The zero-order valence-electron chi connectivity index (χ0n) is 23.5. The summed E-state index contributed by atoms with van der Waals surface area (Å²) in [6.45, 7) is 4.47. The molecule has 212 valence electrons. The van der Waals surface area contributed by atoms with Crippen LogP contribution in [-0.4, -0.2) is 38.9 Å². The molecule has 0 spiro atoms. The second-order valence-electron chi connectivity index (χ2n) is 9.75. The molecule has 1 amide bonds. The van der Waals surface area contributed by atoms with Crippen molar-refractivity contribution in [3.8, 4) is 11.4 Å². The second kappa shape index (κ2) is 13.5. The number of hydrogen-bond donors (Lipinski definition) is 0. The van der Waals surface area contributed by atoms with Gasteiger partial charge in [-0.2, -0.15) is 0 Å². The van der Waals surface area contributed by atoms with E-state index < -0.39 is 11.0 Å². The van der Waals surface area contributed by atoms with Crippen LogP contribution in [-0.2, 0) is 4.79 Å². The van der Waals surface area contributed by atoms with Crippen LogP contribution in [0.2, 0.25) is 0 Å². The lowest BCUT2D eigenvalue weighted by molar-refractivity contribution is -0.384. The van der Waals surface area contributed by atoms with Crippen molar-refractivity contribution < 1.29 is 14.5 Å². The zero-order valence-corrected chi connectivity index (χ0v) is 23.5. The molecule has 0 bridgehead atoms. The number of methoxy groups -OCH3 is 1. The Morgan fingerprint density at radius 3 is 2.46 bits per heavy atom. The molecule has 9 nitrogen and oxygen atoms in total. The van der Waals surface area contributed by atoms with Crippen LogP contribution in [0.4, 0.5) is 5.69 Å². The van der Waals surface area contributed by atoms with E-state index in [4.69, 9.17) is 9.72 Å². The van der Waals surface area contributed by atoms with Crippen LogP contribution in [0.15, 0.2) is 83.7 Å². The number of aromatic nitrogens is 2. The number of ether oxygens (including phenoxy) is 1. The van der Waals surface area contributed by atoms with Crippen molar-refractivity contribution in [3.05, 3.63) is 111 Å². The number of carbonyl (C=O) groups excluding carboxylic acids is 1. The van der Waals surface area contributed by atoms with E-state index in [1.165, 1.54) is 22.8 Å². The van der Waals surface area contributed by atoms with Crippen LogP contribution in [0.3, 0.4) is 0 Å². The summed E-state index contributed by atoms with van der Waals surface area (Å²) in [5, 5.41) is 11.5. The number of amides is 1. The third-order valence-electron chi connectivity index (χ3n) is 7.03. The van der Waals surface area contributed by atoms with E-state index in [0.717, 1.165) is 25.7 Å². The Kier molecular flexibility index (Phi) is 9.63. The van der Waals surface area contributed by atoms with Crippen LogP contribution in [0.5, 0.6) is 5.75 Å². The van der Waals surface area contributed by atoms with Gasteiger partial charge in [0, 0.05) is 24.8 Å². The standard InChI is InChI=1S/C32H34N4O5/c1-4-5-6-11-22-34(30(37)21-18-24-16-19-25(20-17-24)36(39)40)23(2)31-33-27-13-8-7-12-26(27)32(38)35(31)28-14-9-10-15-29(28)41-3/h7-10,12-21,23H,4-6,11,22H2,1-3H3. The maximum absolute atomic E-state index is 13.9. The molecule has 4 aromatic rings. The molecule has 0 saturated carbocycles. The van der Waals surface area contributed by atoms with Gasteiger partial charge in [0.05, 0.1) is 34.7 Å². The van der Waals surface area contributed by atoms with E-state index in [2.05, 4.69) is 6.92 Å². The molecule has 3 aromatic carbocycles. The van der Waals surface area contributed by atoms with Crippen LogP contribution in [0, 0.1) is 10.1 Å². The van der Waals surface area contributed by atoms with E-state index in [1.807, 2.05) is 25.1 Å². The van der Waals surface area contributed by atoms with Crippen LogP contribution in [0.25, 0.3) is 22.7 Å². The third-order valence-corrected chi connectivity index (χ3v) is 7.03. The Balaban J connectivity index is 1.78. The van der Waals surface area contributed by atoms with E-state index >= 15 is 0 Å². The highest BCUT2D eigenvalue weighted by molar-refractivity contribution is 5.92. The molecule has 4 rings (SSSR count). The Labute approximate surface area is 238 Å². The average Bonchev–Trinajstić information content (AvgIpc) is 2.99. The van der Waals surface area contributed by atoms with Crippen molar-refractivity contribution >= 4 is 28.6 Å². The lowest BCUT2D eigenvalue weighted by atomic mass is 10.1. The predicted octanol–water partition coefficient (Wildman–Crippen LogP) is 6.49. The van der Waals surface area contributed by atoms with Crippen molar-refractivity contribution in [1.29, 1.82) is 0 Å². The fourth-order valence-electron chi connectivity index (χ4n) is 4.79. The molecule has 1 unspecified atom stereocenters. The number of nitro benzene ring substituents is 1. The molecule has 0 aliphatic rings. The van der Waals surface area contributed by atoms with Crippen molar-refractivity contribution in [3.63, 3.8) is 0 Å². The average molecular weight is 555 g/mol. The first-order valence-corrected chi connectivity index (χ1v) is 13.7. The first kappa shape index (κ1) is 29.2. The quantitative estimate of drug-likeness (QED) is 0.0858. The molecule has 1 atom stereocenters. The number of fused-ring (bicyclic) bond motifs is 1. The summed E-state index contributed by atoms with van der Waals surface area (Å²) in [6, 6.07) is 19.8. The monoisotopic (exact) mass is 554 g/mol. The molecule has 0 N–H and O–H groups in total. The van der Waals surface area contributed by atoms with E-state index in [1.54, 1.807) is 60.6 Å². The molecule has 0 fully saturated rings. The fraction of sp³-hybridized carbons (Fsp3) is 0.281. The molecular weight excluding hydrogens is 520 g/mol. The van der Waals surface area contributed by atoms with Crippen LogP contribution >= 0.6 is 0 Å². The Bertz CT molecular complexity index is 1610. The van der Waals surface area contributed by atoms with Gasteiger partial charge in [-0.05, 0) is 61.4 Å². The number of rotatable bonds is 12. The first-order valence-electron chi connectivity index (χ1n) is 13.7. The predicted molar refractivity (Wildman–Crippen MR) is 160 cm³/mol. The van der Waals surface area contributed by atoms with Gasteiger partial charge >= 0.3 is 0 Å². The van der Waals surface area contributed by atoms with Gasteiger partial charge in [-0.1, -0.05) is 50.5 Å². The number of carbonyl (C=O) groups is 1. The van der Waals surface area contributed by atoms with Crippen molar-refractivity contribution in [2.45, 2.75) is 45.6 Å². The van der Waals surface area contributed by atoms with Crippen molar-refractivity contribution in [2.75, 3.05) is 13.7 Å². The van der Waals surface area contributed by atoms with E-state index in [0.29, 0.717) is 40.3 Å². The molecule has 0 aliphatic carbocycles. The summed E-state index contributed by atoms with van der Waals surface area (Å²) in [5.41, 5.74) is 1.49. The number of unbranched alkanes of at least 4 members (excludes halogenated alkanes) is 3. The summed E-state index contributed by atoms with van der Waals surface area (Å²) in [5.74, 6) is 0.686. The van der Waals surface area contributed by atoms with Crippen LogP contribution < -0.4 is 10.3 Å². The highest BCUT2D eigenvalue weighted by atomic mass is 16.6. The zero-order chi connectivity index (χ0) is 29.4. The second-order valence-corrected chi connectivity index (χ2v) is 9.75. The number of hydrogen-bond acceptors (Lipinski definition) is 6. The van der Waals surface area contributed by atoms with Gasteiger partial charge in [-0.25, -0.2) is 4.98 Å². The summed E-state index contributed by atoms with van der Waals surface area (Å²) < 4.78 is 7.13. The van der Waals surface area contributed by atoms with E-state index in [-0.39, 0.29) is 17.2 Å². The number of para-hydroxylation sites is 3. The lowest BCUT2D eigenvalue weighted by Gasteiger charge is -2.30. The number of non-ortho nitro benzene ring substituents is 1. The van der Waals surface area contributed by atoms with Crippen molar-refractivity contribution in [1.82, 2.24) is 14.5 Å².